The van der Waals surface area contributed by atoms with E-state index in [2.05, 4.69) is 10.3 Å². The van der Waals surface area contributed by atoms with E-state index in [-0.39, 0.29) is 10.6 Å². The minimum absolute atomic E-state index is 0.0449. The first kappa shape index (κ1) is 13.4. The van der Waals surface area contributed by atoms with Gasteiger partial charge in [0.15, 0.2) is 0 Å². The normalized spacial score (nSPS) is 10.2. The fraction of sp³-hybridized carbons (Fsp3) is 0.143. The average Bonchev–Trinajstić information content (AvgIpc) is 2.37. The van der Waals surface area contributed by atoms with Crippen molar-refractivity contribution in [2.45, 2.75) is 13.5 Å². The smallest absolute Gasteiger partial charge is 0.135 e. The van der Waals surface area contributed by atoms with Crippen LogP contribution in [0, 0.1) is 12.7 Å². The van der Waals surface area contributed by atoms with E-state index in [0.717, 1.165) is 11.1 Å². The number of aromatic nitrogens is 1. The second kappa shape index (κ2) is 5.75. The van der Waals surface area contributed by atoms with Crippen molar-refractivity contribution in [1.82, 2.24) is 4.98 Å². The Kier molecular flexibility index (Phi) is 4.06. The first-order valence-corrected chi connectivity index (χ1v) is 6.22. The van der Waals surface area contributed by atoms with E-state index in [1.165, 1.54) is 6.07 Å². The summed E-state index contributed by atoms with van der Waals surface area (Å²) in [7, 11) is 0. The molecule has 0 spiro atoms. The van der Waals surface area contributed by atoms with Gasteiger partial charge < -0.3 is 11.1 Å². The highest BCUT2D eigenvalue weighted by atomic mass is 32.1. The van der Waals surface area contributed by atoms with Crippen molar-refractivity contribution in [3.05, 3.63) is 59.2 Å². The van der Waals surface area contributed by atoms with Gasteiger partial charge in [-0.3, -0.25) is 4.98 Å². The molecule has 0 aliphatic heterocycles. The van der Waals surface area contributed by atoms with Crippen molar-refractivity contribution in [2.75, 3.05) is 5.32 Å². The Hall–Kier alpha value is -2.01. The van der Waals surface area contributed by atoms with E-state index < -0.39 is 5.82 Å². The highest BCUT2D eigenvalue weighted by Gasteiger charge is 2.10. The molecule has 3 nitrogen and oxygen atoms in total. The van der Waals surface area contributed by atoms with Crippen LogP contribution in [0.25, 0.3) is 0 Å². The van der Waals surface area contributed by atoms with Gasteiger partial charge in [-0.1, -0.05) is 18.3 Å². The predicted octanol–water partition coefficient (Wildman–Crippen LogP) is 2.78. The second-order valence-corrected chi connectivity index (χ2v) is 4.62. The maximum atomic E-state index is 13.7. The summed E-state index contributed by atoms with van der Waals surface area (Å²) in [6.45, 7) is 2.54. The zero-order chi connectivity index (χ0) is 13.8. The standard InChI is InChI=1S/C14H14FN3S/c1-9-5-6-17-7-10(9)8-18-12-4-2-3-11(15)13(12)14(16)19/h2-7,18H,8H2,1H3,(H2,16,19). The van der Waals surface area contributed by atoms with Crippen LogP contribution in [-0.4, -0.2) is 9.97 Å². The molecule has 0 amide bonds. The number of nitrogens with zero attached hydrogens (tertiary/aromatic N) is 1. The zero-order valence-electron chi connectivity index (χ0n) is 10.5. The molecule has 0 bridgehead atoms. The summed E-state index contributed by atoms with van der Waals surface area (Å²) in [6, 6.07) is 6.64. The number of nitrogens with two attached hydrogens (primary N) is 1. The fourth-order valence-corrected chi connectivity index (χ4v) is 2.00. The van der Waals surface area contributed by atoms with E-state index in [9.17, 15) is 4.39 Å². The van der Waals surface area contributed by atoms with Crippen LogP contribution in [0.15, 0.2) is 36.7 Å². The van der Waals surface area contributed by atoms with Gasteiger partial charge in [-0.2, -0.15) is 0 Å². The summed E-state index contributed by atoms with van der Waals surface area (Å²) in [4.78, 5) is 4.11. The van der Waals surface area contributed by atoms with Crippen LogP contribution < -0.4 is 11.1 Å². The number of benzene rings is 1. The number of halogens is 1. The summed E-state index contributed by atoms with van der Waals surface area (Å²) in [6.07, 6.45) is 3.52. The van der Waals surface area contributed by atoms with E-state index >= 15 is 0 Å². The maximum absolute atomic E-state index is 13.7. The van der Waals surface area contributed by atoms with Crippen molar-refractivity contribution >= 4 is 22.9 Å². The van der Waals surface area contributed by atoms with Crippen LogP contribution in [0.4, 0.5) is 10.1 Å². The predicted molar refractivity (Wildman–Crippen MR) is 78.6 cm³/mol. The Morgan fingerprint density at radius 3 is 2.89 bits per heavy atom. The zero-order valence-corrected chi connectivity index (χ0v) is 11.3. The molecule has 1 heterocycles. The third-order valence-corrected chi connectivity index (χ3v) is 3.08. The Labute approximate surface area is 116 Å². The number of pyridine rings is 1. The lowest BCUT2D eigenvalue weighted by Crippen LogP contribution is -2.15. The van der Waals surface area contributed by atoms with Crippen LogP contribution in [-0.2, 0) is 6.54 Å². The molecule has 98 valence electrons. The third-order valence-electron chi connectivity index (χ3n) is 2.88. The number of hydrogen-bond acceptors (Lipinski definition) is 3. The summed E-state index contributed by atoms with van der Waals surface area (Å²) in [5.74, 6) is -0.416. The number of aryl methyl sites for hydroxylation is 1. The first-order valence-electron chi connectivity index (χ1n) is 5.81. The van der Waals surface area contributed by atoms with Gasteiger partial charge in [-0.25, -0.2) is 4.39 Å². The number of anilines is 1. The molecule has 5 heteroatoms. The molecule has 0 saturated carbocycles. The van der Waals surface area contributed by atoms with Gasteiger partial charge in [-0.05, 0) is 36.2 Å². The van der Waals surface area contributed by atoms with Crippen LogP contribution in [0.3, 0.4) is 0 Å². The third kappa shape index (κ3) is 3.06. The van der Waals surface area contributed by atoms with Gasteiger partial charge in [0, 0.05) is 24.6 Å². The van der Waals surface area contributed by atoms with Gasteiger partial charge >= 0.3 is 0 Å². The number of nitrogens with one attached hydrogen (secondary N) is 1. The summed E-state index contributed by atoms with van der Waals surface area (Å²) in [5.41, 5.74) is 8.56. The van der Waals surface area contributed by atoms with E-state index in [1.54, 1.807) is 24.5 Å². The van der Waals surface area contributed by atoms with E-state index in [4.69, 9.17) is 18.0 Å². The van der Waals surface area contributed by atoms with Crippen molar-refractivity contribution in [3.63, 3.8) is 0 Å². The minimum atomic E-state index is -0.416. The SMILES string of the molecule is Cc1ccncc1CNc1cccc(F)c1C(N)=S. The van der Waals surface area contributed by atoms with Crippen LogP contribution >= 0.6 is 12.2 Å². The van der Waals surface area contributed by atoms with Crippen molar-refractivity contribution in [3.8, 4) is 0 Å². The molecule has 0 aliphatic rings. The van der Waals surface area contributed by atoms with Crippen molar-refractivity contribution < 1.29 is 4.39 Å². The topological polar surface area (TPSA) is 50.9 Å². The lowest BCUT2D eigenvalue weighted by Gasteiger charge is -2.12. The molecule has 1 aromatic heterocycles. The Balaban J connectivity index is 2.23. The lowest BCUT2D eigenvalue weighted by molar-refractivity contribution is 0.626. The van der Waals surface area contributed by atoms with E-state index in [0.29, 0.717) is 12.2 Å². The van der Waals surface area contributed by atoms with Crippen LogP contribution in [0.5, 0.6) is 0 Å². The molecular weight excluding hydrogens is 261 g/mol. The Morgan fingerprint density at radius 2 is 2.21 bits per heavy atom. The molecule has 19 heavy (non-hydrogen) atoms. The second-order valence-electron chi connectivity index (χ2n) is 4.18. The molecule has 0 saturated heterocycles. The highest BCUT2D eigenvalue weighted by molar-refractivity contribution is 7.80. The molecule has 2 rings (SSSR count). The molecule has 0 aliphatic carbocycles. The molecule has 3 N–H and O–H groups in total. The van der Waals surface area contributed by atoms with Gasteiger partial charge in [0.2, 0.25) is 0 Å². The minimum Gasteiger partial charge on any atom is -0.389 e. The molecule has 0 radical (unpaired) electrons. The van der Waals surface area contributed by atoms with Gasteiger partial charge in [0.1, 0.15) is 10.8 Å². The van der Waals surface area contributed by atoms with Gasteiger partial charge in [-0.15, -0.1) is 0 Å². The maximum Gasteiger partial charge on any atom is 0.135 e. The molecular formula is C14H14FN3S. The fourth-order valence-electron chi connectivity index (χ4n) is 1.79. The molecule has 0 fully saturated rings. The monoisotopic (exact) mass is 275 g/mol. The largest absolute Gasteiger partial charge is 0.389 e. The highest BCUT2D eigenvalue weighted by Crippen LogP contribution is 2.20. The molecule has 2 aromatic rings. The first-order chi connectivity index (χ1) is 9.09. The van der Waals surface area contributed by atoms with Gasteiger partial charge in [0.25, 0.3) is 0 Å². The number of rotatable bonds is 4. The van der Waals surface area contributed by atoms with Crippen LogP contribution in [0.2, 0.25) is 0 Å². The summed E-state index contributed by atoms with van der Waals surface area (Å²) < 4.78 is 13.7. The molecule has 0 unspecified atom stereocenters. The summed E-state index contributed by atoms with van der Waals surface area (Å²) >= 11 is 4.88. The Morgan fingerprint density at radius 1 is 1.42 bits per heavy atom. The van der Waals surface area contributed by atoms with Gasteiger partial charge in [0.05, 0.1) is 5.56 Å². The summed E-state index contributed by atoms with van der Waals surface area (Å²) in [5, 5.41) is 3.15. The number of hydrogen-bond donors (Lipinski definition) is 2. The van der Waals surface area contributed by atoms with Crippen LogP contribution in [0.1, 0.15) is 16.7 Å². The lowest BCUT2D eigenvalue weighted by atomic mass is 10.1. The molecule has 1 aromatic carbocycles. The molecule has 0 atom stereocenters. The average molecular weight is 275 g/mol. The number of thiocarbonyl (C=S) groups is 1. The van der Waals surface area contributed by atoms with Crippen molar-refractivity contribution in [1.29, 1.82) is 0 Å². The quantitative estimate of drug-likeness (QED) is 0.842. The van der Waals surface area contributed by atoms with E-state index in [1.807, 2.05) is 13.0 Å². The Bertz CT molecular complexity index is 613. The van der Waals surface area contributed by atoms with Crippen molar-refractivity contribution in [2.24, 2.45) is 5.73 Å².